The van der Waals surface area contributed by atoms with E-state index in [1.807, 2.05) is 0 Å². The molecule has 0 aromatic heterocycles. The van der Waals surface area contributed by atoms with E-state index in [0.29, 0.717) is 18.3 Å². The standard InChI is InChI=1S/C20H30O4/c1-2-16-13-20(16,18(21)22)19(23)24-17(14-9-5-3-6-10-14)15-11-7-4-8-12-15/h2,14-17H,1,3-13H2,(H,21,22). The molecule has 4 heteroatoms. The van der Waals surface area contributed by atoms with E-state index in [4.69, 9.17) is 4.74 Å². The van der Waals surface area contributed by atoms with Crippen LogP contribution in [0.15, 0.2) is 12.7 Å². The van der Waals surface area contributed by atoms with Gasteiger partial charge in [-0.25, -0.2) is 0 Å². The van der Waals surface area contributed by atoms with Crippen LogP contribution in [-0.4, -0.2) is 23.1 Å². The summed E-state index contributed by atoms with van der Waals surface area (Å²) in [6.07, 6.45) is 13.6. The van der Waals surface area contributed by atoms with Gasteiger partial charge in [0.25, 0.3) is 0 Å². The number of aliphatic carboxylic acids is 1. The second-order valence-electron chi connectivity index (χ2n) is 7.99. The van der Waals surface area contributed by atoms with Crippen molar-refractivity contribution in [3.8, 4) is 0 Å². The maximum absolute atomic E-state index is 12.8. The Bertz CT molecular complexity index is 470. The molecule has 134 valence electrons. The van der Waals surface area contributed by atoms with Crippen molar-refractivity contribution in [1.82, 2.24) is 0 Å². The molecule has 0 amide bonds. The van der Waals surface area contributed by atoms with Crippen LogP contribution in [0.4, 0.5) is 0 Å². The molecule has 4 nitrogen and oxygen atoms in total. The first-order chi connectivity index (χ1) is 11.6. The van der Waals surface area contributed by atoms with Crippen LogP contribution in [-0.2, 0) is 14.3 Å². The molecule has 3 saturated carbocycles. The van der Waals surface area contributed by atoms with E-state index in [9.17, 15) is 14.7 Å². The first-order valence-corrected chi connectivity index (χ1v) is 9.66. The summed E-state index contributed by atoms with van der Waals surface area (Å²) in [7, 11) is 0. The summed E-state index contributed by atoms with van der Waals surface area (Å²) < 4.78 is 5.98. The lowest BCUT2D eigenvalue weighted by Crippen LogP contribution is -2.40. The summed E-state index contributed by atoms with van der Waals surface area (Å²) in [5.41, 5.74) is -1.36. The molecule has 0 bridgehead atoms. The van der Waals surface area contributed by atoms with Crippen LogP contribution in [0, 0.1) is 23.2 Å². The zero-order valence-electron chi connectivity index (χ0n) is 14.5. The van der Waals surface area contributed by atoms with Gasteiger partial charge < -0.3 is 9.84 Å². The fourth-order valence-electron chi connectivity index (χ4n) is 4.87. The SMILES string of the molecule is C=CC1CC1(C(=O)O)C(=O)OC(C1CCCCC1)C1CCCCC1. The Morgan fingerprint density at radius 2 is 1.50 bits per heavy atom. The molecule has 3 fully saturated rings. The number of esters is 1. The second-order valence-corrected chi connectivity index (χ2v) is 7.99. The molecular formula is C20H30O4. The van der Waals surface area contributed by atoms with Crippen LogP contribution in [0.25, 0.3) is 0 Å². The van der Waals surface area contributed by atoms with Crippen LogP contribution < -0.4 is 0 Å². The number of carbonyl (C=O) groups is 2. The number of carboxylic acids is 1. The Morgan fingerprint density at radius 1 is 1.00 bits per heavy atom. The second kappa shape index (κ2) is 7.28. The van der Waals surface area contributed by atoms with Gasteiger partial charge in [0.2, 0.25) is 0 Å². The summed E-state index contributed by atoms with van der Waals surface area (Å²) in [6.45, 7) is 3.67. The van der Waals surface area contributed by atoms with Crippen LogP contribution in [0.3, 0.4) is 0 Å². The van der Waals surface area contributed by atoms with Crippen molar-refractivity contribution in [2.45, 2.75) is 76.7 Å². The van der Waals surface area contributed by atoms with Gasteiger partial charge in [0.05, 0.1) is 0 Å². The van der Waals surface area contributed by atoms with E-state index in [2.05, 4.69) is 6.58 Å². The van der Waals surface area contributed by atoms with Gasteiger partial charge in [-0.1, -0.05) is 44.6 Å². The fraction of sp³-hybridized carbons (Fsp3) is 0.800. The predicted molar refractivity (Wildman–Crippen MR) is 91.4 cm³/mol. The zero-order chi connectivity index (χ0) is 17.2. The van der Waals surface area contributed by atoms with Crippen molar-refractivity contribution in [1.29, 1.82) is 0 Å². The molecular weight excluding hydrogens is 304 g/mol. The summed E-state index contributed by atoms with van der Waals surface area (Å²) in [5, 5.41) is 9.56. The van der Waals surface area contributed by atoms with Crippen molar-refractivity contribution in [2.75, 3.05) is 0 Å². The third-order valence-corrected chi connectivity index (χ3v) is 6.52. The van der Waals surface area contributed by atoms with Gasteiger partial charge in [0.15, 0.2) is 5.41 Å². The van der Waals surface area contributed by atoms with Gasteiger partial charge >= 0.3 is 11.9 Å². The van der Waals surface area contributed by atoms with E-state index in [-0.39, 0.29) is 12.0 Å². The number of allylic oxidation sites excluding steroid dienone is 1. The van der Waals surface area contributed by atoms with Crippen molar-refractivity contribution in [2.24, 2.45) is 23.2 Å². The number of hydrogen-bond donors (Lipinski definition) is 1. The smallest absolute Gasteiger partial charge is 0.324 e. The number of carboxylic acid groups (broad SMARTS) is 1. The summed E-state index contributed by atoms with van der Waals surface area (Å²) in [5.74, 6) is -1.01. The van der Waals surface area contributed by atoms with Gasteiger partial charge in [-0.3, -0.25) is 9.59 Å². The van der Waals surface area contributed by atoms with Crippen molar-refractivity contribution in [3.63, 3.8) is 0 Å². The molecule has 0 aromatic carbocycles. The Labute approximate surface area is 144 Å². The molecule has 0 aliphatic heterocycles. The largest absolute Gasteiger partial charge is 0.480 e. The van der Waals surface area contributed by atoms with Crippen LogP contribution in [0.2, 0.25) is 0 Å². The molecule has 3 aliphatic carbocycles. The first-order valence-electron chi connectivity index (χ1n) is 9.66. The van der Waals surface area contributed by atoms with E-state index in [1.54, 1.807) is 6.08 Å². The minimum absolute atomic E-state index is 0.0830. The predicted octanol–water partition coefficient (Wildman–Crippen LogP) is 4.34. The maximum Gasteiger partial charge on any atom is 0.324 e. The molecule has 24 heavy (non-hydrogen) atoms. The highest BCUT2D eigenvalue weighted by atomic mass is 16.5. The van der Waals surface area contributed by atoms with E-state index < -0.39 is 17.4 Å². The van der Waals surface area contributed by atoms with Crippen molar-refractivity contribution >= 4 is 11.9 Å². The van der Waals surface area contributed by atoms with Gasteiger partial charge in [0.1, 0.15) is 6.10 Å². The highest BCUT2D eigenvalue weighted by Crippen LogP contribution is 2.55. The summed E-state index contributed by atoms with van der Waals surface area (Å²) in [6, 6.07) is 0. The van der Waals surface area contributed by atoms with Gasteiger partial charge in [-0.05, 0) is 43.9 Å². The molecule has 1 N–H and O–H groups in total. The average Bonchev–Trinajstić information content (AvgIpc) is 3.37. The third-order valence-electron chi connectivity index (χ3n) is 6.52. The zero-order valence-corrected chi connectivity index (χ0v) is 14.5. The summed E-state index contributed by atoms with van der Waals surface area (Å²) in [4.78, 5) is 24.5. The van der Waals surface area contributed by atoms with E-state index in [0.717, 1.165) is 25.7 Å². The van der Waals surface area contributed by atoms with Crippen molar-refractivity contribution < 1.29 is 19.4 Å². The molecule has 2 unspecified atom stereocenters. The normalized spacial score (nSPS) is 31.6. The Kier molecular flexibility index (Phi) is 5.31. The lowest BCUT2D eigenvalue weighted by Gasteiger charge is -2.37. The number of hydrogen-bond acceptors (Lipinski definition) is 3. The Balaban J connectivity index is 1.74. The fourth-order valence-corrected chi connectivity index (χ4v) is 4.87. The van der Waals surface area contributed by atoms with Crippen LogP contribution >= 0.6 is 0 Å². The lowest BCUT2D eigenvalue weighted by molar-refractivity contribution is -0.171. The number of carbonyl (C=O) groups excluding carboxylic acids is 1. The molecule has 3 aliphatic rings. The topological polar surface area (TPSA) is 63.6 Å². The van der Waals surface area contributed by atoms with Gasteiger partial charge in [-0.15, -0.1) is 6.58 Å². The van der Waals surface area contributed by atoms with E-state index in [1.165, 1.54) is 38.5 Å². The van der Waals surface area contributed by atoms with E-state index >= 15 is 0 Å². The highest BCUT2D eigenvalue weighted by Gasteiger charge is 2.66. The summed E-state index contributed by atoms with van der Waals surface area (Å²) >= 11 is 0. The highest BCUT2D eigenvalue weighted by molar-refractivity contribution is 6.03. The molecule has 0 radical (unpaired) electrons. The number of ether oxygens (including phenoxy) is 1. The van der Waals surface area contributed by atoms with Crippen LogP contribution in [0.5, 0.6) is 0 Å². The van der Waals surface area contributed by atoms with Gasteiger partial charge in [0, 0.05) is 5.92 Å². The molecule has 0 saturated heterocycles. The number of rotatable bonds is 6. The molecule has 3 rings (SSSR count). The lowest BCUT2D eigenvalue weighted by atomic mass is 9.75. The molecule has 0 aromatic rings. The minimum Gasteiger partial charge on any atom is -0.480 e. The first kappa shape index (κ1) is 17.5. The monoisotopic (exact) mass is 334 g/mol. The average molecular weight is 334 g/mol. The Hall–Kier alpha value is -1.32. The quantitative estimate of drug-likeness (QED) is 0.446. The molecule has 2 atom stereocenters. The molecule has 0 spiro atoms. The van der Waals surface area contributed by atoms with Crippen LogP contribution in [0.1, 0.15) is 70.6 Å². The Morgan fingerprint density at radius 3 is 1.88 bits per heavy atom. The molecule has 0 heterocycles. The third kappa shape index (κ3) is 3.25. The van der Waals surface area contributed by atoms with Crippen molar-refractivity contribution in [3.05, 3.63) is 12.7 Å². The minimum atomic E-state index is -1.36. The maximum atomic E-state index is 12.8. The van der Waals surface area contributed by atoms with Gasteiger partial charge in [-0.2, -0.15) is 0 Å².